The Bertz CT molecular complexity index is 652. The van der Waals surface area contributed by atoms with E-state index in [1.54, 1.807) is 6.07 Å². The maximum Gasteiger partial charge on any atom is 0.347 e. The van der Waals surface area contributed by atoms with E-state index in [1.807, 2.05) is 13.0 Å². The fourth-order valence-corrected chi connectivity index (χ4v) is 1.83. The summed E-state index contributed by atoms with van der Waals surface area (Å²) in [6, 6.07) is 5.07. The number of Topliss-reactive ketones (excluding diaryl/α,β-unsaturated/α-hetero) is 1. The molecule has 1 heterocycles. The second kappa shape index (κ2) is 4.14. The Morgan fingerprint density at radius 3 is 2.65 bits per heavy atom. The second-order valence-corrected chi connectivity index (χ2v) is 4.00. The van der Waals surface area contributed by atoms with Crippen LogP contribution in [-0.4, -0.2) is 10.9 Å². The van der Waals surface area contributed by atoms with Crippen molar-refractivity contribution in [1.82, 2.24) is 0 Å². The van der Waals surface area contributed by atoms with Gasteiger partial charge in [0.15, 0.2) is 5.78 Å². The monoisotopic (exact) mass is 232 g/mol. The molecule has 0 fully saturated rings. The lowest BCUT2D eigenvalue weighted by Gasteiger charge is -2.05. The van der Waals surface area contributed by atoms with Gasteiger partial charge in [-0.3, -0.25) is 4.79 Å². The maximum atomic E-state index is 11.6. The molecule has 1 aromatic heterocycles. The summed E-state index contributed by atoms with van der Waals surface area (Å²) in [5.74, 6) is -0.326. The highest BCUT2D eigenvalue weighted by Crippen LogP contribution is 2.20. The number of ketones is 1. The SMILES string of the molecule is CC(=O)c1cc2cc(C)cc(CO)c2oc1=O. The predicted octanol–water partition coefficient (Wildman–Crippen LogP) is 1.80. The highest BCUT2D eigenvalue weighted by atomic mass is 16.4. The number of aliphatic hydroxyl groups excluding tert-OH is 1. The van der Waals surface area contributed by atoms with Gasteiger partial charge >= 0.3 is 5.63 Å². The first-order valence-corrected chi connectivity index (χ1v) is 5.22. The fourth-order valence-electron chi connectivity index (χ4n) is 1.83. The van der Waals surface area contributed by atoms with Crippen molar-refractivity contribution in [3.63, 3.8) is 0 Å². The van der Waals surface area contributed by atoms with Crippen LogP contribution in [0.1, 0.15) is 28.4 Å². The number of aliphatic hydroxyl groups is 1. The van der Waals surface area contributed by atoms with E-state index in [4.69, 9.17) is 4.42 Å². The van der Waals surface area contributed by atoms with Crippen molar-refractivity contribution in [1.29, 1.82) is 0 Å². The van der Waals surface area contributed by atoms with Crippen molar-refractivity contribution < 1.29 is 14.3 Å². The number of benzene rings is 1. The van der Waals surface area contributed by atoms with Crippen molar-refractivity contribution in [2.45, 2.75) is 20.5 Å². The van der Waals surface area contributed by atoms with E-state index in [-0.39, 0.29) is 18.0 Å². The van der Waals surface area contributed by atoms with Crippen LogP contribution < -0.4 is 5.63 Å². The Kier molecular flexibility index (Phi) is 2.81. The molecule has 88 valence electrons. The van der Waals surface area contributed by atoms with Crippen molar-refractivity contribution in [3.05, 3.63) is 45.3 Å². The third-order valence-corrected chi connectivity index (χ3v) is 2.60. The molecule has 0 spiro atoms. The lowest BCUT2D eigenvalue weighted by atomic mass is 10.1. The van der Waals surface area contributed by atoms with Crippen LogP contribution in [-0.2, 0) is 6.61 Å². The number of carbonyl (C=O) groups is 1. The van der Waals surface area contributed by atoms with Gasteiger partial charge in [0.05, 0.1) is 6.61 Å². The van der Waals surface area contributed by atoms with Gasteiger partial charge < -0.3 is 9.52 Å². The number of fused-ring (bicyclic) bond motifs is 1. The third-order valence-electron chi connectivity index (χ3n) is 2.60. The molecule has 4 heteroatoms. The Morgan fingerprint density at radius 2 is 2.06 bits per heavy atom. The van der Waals surface area contributed by atoms with Crippen LogP contribution in [0.15, 0.2) is 27.4 Å². The summed E-state index contributed by atoms with van der Waals surface area (Å²) >= 11 is 0. The van der Waals surface area contributed by atoms with Crippen LogP contribution in [0.3, 0.4) is 0 Å². The van der Waals surface area contributed by atoms with E-state index in [0.717, 1.165) is 5.56 Å². The molecule has 0 bridgehead atoms. The summed E-state index contributed by atoms with van der Waals surface area (Å²) in [6.45, 7) is 2.98. The molecule has 2 aromatic rings. The second-order valence-electron chi connectivity index (χ2n) is 4.00. The highest BCUT2D eigenvalue weighted by molar-refractivity contribution is 5.96. The van der Waals surface area contributed by atoms with Gasteiger partial charge in [-0.25, -0.2) is 4.79 Å². The van der Waals surface area contributed by atoms with Crippen LogP contribution in [0.25, 0.3) is 11.0 Å². The minimum absolute atomic E-state index is 0.0342. The Hall–Kier alpha value is -1.94. The maximum absolute atomic E-state index is 11.6. The van der Waals surface area contributed by atoms with Gasteiger partial charge in [0.1, 0.15) is 11.1 Å². The van der Waals surface area contributed by atoms with E-state index in [2.05, 4.69) is 0 Å². The van der Waals surface area contributed by atoms with Crippen LogP contribution in [0.5, 0.6) is 0 Å². The molecule has 0 aliphatic heterocycles. The molecule has 4 nitrogen and oxygen atoms in total. The minimum atomic E-state index is -0.663. The first kappa shape index (κ1) is 11.5. The molecule has 0 amide bonds. The molecule has 17 heavy (non-hydrogen) atoms. The van der Waals surface area contributed by atoms with Gasteiger partial charge in [0, 0.05) is 10.9 Å². The standard InChI is InChI=1S/C13H12O4/c1-7-3-9-5-11(8(2)15)13(16)17-12(9)10(4-7)6-14/h3-5,14H,6H2,1-2H3. The molecule has 1 N–H and O–H groups in total. The molecule has 2 rings (SSSR count). The van der Waals surface area contributed by atoms with Crippen molar-refractivity contribution in [2.24, 2.45) is 0 Å². The predicted molar refractivity (Wildman–Crippen MR) is 63.1 cm³/mol. The minimum Gasteiger partial charge on any atom is -0.422 e. The van der Waals surface area contributed by atoms with Crippen LogP contribution in [0.2, 0.25) is 0 Å². The highest BCUT2D eigenvalue weighted by Gasteiger charge is 2.12. The molecular weight excluding hydrogens is 220 g/mol. The summed E-state index contributed by atoms with van der Waals surface area (Å²) < 4.78 is 5.09. The molecule has 0 atom stereocenters. The van der Waals surface area contributed by atoms with E-state index < -0.39 is 5.63 Å². The van der Waals surface area contributed by atoms with Gasteiger partial charge in [-0.15, -0.1) is 0 Å². The van der Waals surface area contributed by atoms with Crippen molar-refractivity contribution in [3.8, 4) is 0 Å². The van der Waals surface area contributed by atoms with Gasteiger partial charge in [0.25, 0.3) is 0 Å². The number of rotatable bonds is 2. The van der Waals surface area contributed by atoms with Crippen molar-refractivity contribution in [2.75, 3.05) is 0 Å². The van der Waals surface area contributed by atoms with Crippen LogP contribution in [0.4, 0.5) is 0 Å². The molecule has 0 unspecified atom stereocenters. The lowest BCUT2D eigenvalue weighted by molar-refractivity contribution is 0.101. The van der Waals surface area contributed by atoms with E-state index in [0.29, 0.717) is 16.5 Å². The molecule has 1 aromatic carbocycles. The quantitative estimate of drug-likeness (QED) is 0.633. The summed E-state index contributed by atoms with van der Waals surface area (Å²) in [6.07, 6.45) is 0. The average molecular weight is 232 g/mol. The number of hydrogen-bond donors (Lipinski definition) is 1. The summed E-state index contributed by atoms with van der Waals surface area (Å²) in [4.78, 5) is 22.8. The molecule has 0 aliphatic rings. The zero-order valence-electron chi connectivity index (χ0n) is 9.61. The van der Waals surface area contributed by atoms with Gasteiger partial charge in [0.2, 0.25) is 0 Å². The molecule has 0 radical (unpaired) electrons. The topological polar surface area (TPSA) is 67.5 Å². The number of carbonyl (C=O) groups excluding carboxylic acids is 1. The molecule has 0 saturated heterocycles. The molecule has 0 aliphatic carbocycles. The average Bonchev–Trinajstić information content (AvgIpc) is 2.27. The zero-order valence-corrected chi connectivity index (χ0v) is 9.61. The Balaban J connectivity index is 2.87. The number of aryl methyl sites for hydroxylation is 1. The summed E-state index contributed by atoms with van der Waals surface area (Å²) in [5, 5.41) is 9.85. The van der Waals surface area contributed by atoms with Crippen LogP contribution >= 0.6 is 0 Å². The van der Waals surface area contributed by atoms with Crippen LogP contribution in [0, 0.1) is 6.92 Å². The zero-order chi connectivity index (χ0) is 12.6. The first-order chi connectivity index (χ1) is 8.02. The largest absolute Gasteiger partial charge is 0.422 e. The van der Waals surface area contributed by atoms with E-state index >= 15 is 0 Å². The van der Waals surface area contributed by atoms with Crippen molar-refractivity contribution >= 4 is 16.8 Å². The Morgan fingerprint density at radius 1 is 1.35 bits per heavy atom. The van der Waals surface area contributed by atoms with E-state index in [9.17, 15) is 14.7 Å². The number of hydrogen-bond acceptors (Lipinski definition) is 4. The van der Waals surface area contributed by atoms with Gasteiger partial charge in [-0.1, -0.05) is 6.07 Å². The summed E-state index contributed by atoms with van der Waals surface area (Å²) in [5.41, 5.74) is 1.20. The third kappa shape index (κ3) is 1.99. The smallest absolute Gasteiger partial charge is 0.347 e. The molecule has 0 saturated carbocycles. The van der Waals surface area contributed by atoms with Gasteiger partial charge in [-0.2, -0.15) is 0 Å². The fraction of sp³-hybridized carbons (Fsp3) is 0.231. The lowest BCUT2D eigenvalue weighted by Crippen LogP contribution is -2.11. The normalized spacial score (nSPS) is 10.8. The van der Waals surface area contributed by atoms with Gasteiger partial charge in [-0.05, 0) is 31.5 Å². The molecular formula is C13H12O4. The Labute approximate surface area is 97.5 Å². The first-order valence-electron chi connectivity index (χ1n) is 5.22. The summed E-state index contributed by atoms with van der Waals surface area (Å²) in [7, 11) is 0. The van der Waals surface area contributed by atoms with E-state index in [1.165, 1.54) is 13.0 Å².